The summed E-state index contributed by atoms with van der Waals surface area (Å²) < 4.78 is 16.4. The highest BCUT2D eigenvalue weighted by molar-refractivity contribution is 14.1. The van der Waals surface area contributed by atoms with Gasteiger partial charge in [0, 0.05) is 12.6 Å². The fourth-order valence-electron chi connectivity index (χ4n) is 2.22. The maximum Gasteiger partial charge on any atom is 0.138 e. The van der Waals surface area contributed by atoms with Crippen LogP contribution < -0.4 is 0 Å². The molecule has 3 nitrogen and oxygen atoms in total. The molecule has 2 rings (SSSR count). The second kappa shape index (κ2) is 7.04. The van der Waals surface area contributed by atoms with E-state index in [9.17, 15) is 4.39 Å². The number of nitrogens with zero attached hydrogens (tertiary/aromatic N) is 3. The van der Waals surface area contributed by atoms with E-state index in [0.29, 0.717) is 9.45 Å². The Labute approximate surface area is 137 Å². The Hall–Kier alpha value is -0.400. The second-order valence-electron chi connectivity index (χ2n) is 5.08. The molecule has 20 heavy (non-hydrogen) atoms. The van der Waals surface area contributed by atoms with Crippen molar-refractivity contribution in [2.75, 3.05) is 20.6 Å². The molecule has 1 aromatic heterocycles. The average Bonchev–Trinajstić information content (AvgIpc) is 2.72. The van der Waals surface area contributed by atoms with Crippen LogP contribution in [0.1, 0.15) is 18.7 Å². The minimum atomic E-state index is -0.200. The van der Waals surface area contributed by atoms with E-state index in [-0.39, 0.29) is 5.82 Å². The minimum absolute atomic E-state index is 0.200. The Morgan fingerprint density at radius 1 is 1.35 bits per heavy atom. The number of halogens is 3. The third-order valence-corrected chi connectivity index (χ3v) is 4.29. The molecular weight excluding hydrogens is 392 g/mol. The lowest BCUT2D eigenvalue weighted by Crippen LogP contribution is -2.13. The van der Waals surface area contributed by atoms with Crippen molar-refractivity contribution in [3.05, 3.63) is 27.3 Å². The summed E-state index contributed by atoms with van der Waals surface area (Å²) in [6.45, 7) is 1.88. The first kappa shape index (κ1) is 16.0. The zero-order chi connectivity index (χ0) is 14.7. The van der Waals surface area contributed by atoms with Gasteiger partial charge in [0.2, 0.25) is 0 Å². The number of imidazole rings is 1. The van der Waals surface area contributed by atoms with E-state index in [1.54, 1.807) is 12.1 Å². The SMILES string of the molecule is CN(C)CCCCn1c(CCl)nc2cc(I)c(F)cc21. The third kappa shape index (κ3) is 3.62. The average molecular weight is 410 g/mol. The van der Waals surface area contributed by atoms with Gasteiger partial charge in [-0.1, -0.05) is 0 Å². The van der Waals surface area contributed by atoms with Crippen LogP contribution >= 0.6 is 34.2 Å². The van der Waals surface area contributed by atoms with Gasteiger partial charge in [-0.15, -0.1) is 11.6 Å². The Kier molecular flexibility index (Phi) is 5.63. The van der Waals surface area contributed by atoms with Crippen molar-refractivity contribution in [3.63, 3.8) is 0 Å². The molecule has 1 aromatic carbocycles. The standard InChI is InChI=1S/C14H18ClFIN3/c1-19(2)5-3-4-6-20-13-7-10(16)11(17)8-12(13)18-14(20)9-15/h7-8H,3-6,9H2,1-2H3. The van der Waals surface area contributed by atoms with Crippen molar-refractivity contribution in [2.24, 2.45) is 0 Å². The minimum Gasteiger partial charge on any atom is -0.327 e. The predicted octanol–water partition coefficient (Wildman–Crippen LogP) is 3.86. The monoisotopic (exact) mass is 409 g/mol. The Balaban J connectivity index is 2.23. The van der Waals surface area contributed by atoms with Crippen LogP contribution in [0, 0.1) is 9.39 Å². The molecule has 0 saturated carbocycles. The predicted molar refractivity (Wildman–Crippen MR) is 89.8 cm³/mol. The van der Waals surface area contributed by atoms with Gasteiger partial charge >= 0.3 is 0 Å². The highest BCUT2D eigenvalue weighted by atomic mass is 127. The van der Waals surface area contributed by atoms with Crippen molar-refractivity contribution in [1.82, 2.24) is 14.5 Å². The molecule has 1 heterocycles. The van der Waals surface area contributed by atoms with Crippen molar-refractivity contribution < 1.29 is 4.39 Å². The Morgan fingerprint density at radius 3 is 2.75 bits per heavy atom. The number of hydrogen-bond donors (Lipinski definition) is 0. The van der Waals surface area contributed by atoms with Crippen LogP contribution in [0.3, 0.4) is 0 Å². The summed E-state index contributed by atoms with van der Waals surface area (Å²) in [6.07, 6.45) is 2.13. The molecule has 0 aliphatic heterocycles. The number of rotatable bonds is 6. The van der Waals surface area contributed by atoms with Gasteiger partial charge in [0.25, 0.3) is 0 Å². The van der Waals surface area contributed by atoms with Gasteiger partial charge in [-0.3, -0.25) is 0 Å². The van der Waals surface area contributed by atoms with Crippen LogP contribution in [-0.2, 0) is 12.4 Å². The fraction of sp³-hybridized carbons (Fsp3) is 0.500. The van der Waals surface area contributed by atoms with Gasteiger partial charge < -0.3 is 9.47 Å². The molecule has 0 saturated heterocycles. The molecule has 0 amide bonds. The van der Waals surface area contributed by atoms with Crippen LogP contribution in [0.25, 0.3) is 11.0 Å². The molecule has 110 valence electrons. The molecule has 0 bridgehead atoms. The number of benzene rings is 1. The molecule has 6 heteroatoms. The Bertz CT molecular complexity index is 598. The smallest absolute Gasteiger partial charge is 0.138 e. The summed E-state index contributed by atoms with van der Waals surface area (Å²) >= 11 is 7.94. The summed E-state index contributed by atoms with van der Waals surface area (Å²) in [7, 11) is 4.13. The molecule has 0 spiro atoms. The Morgan fingerprint density at radius 2 is 2.10 bits per heavy atom. The number of aryl methyl sites for hydroxylation is 1. The van der Waals surface area contributed by atoms with Crippen molar-refractivity contribution in [3.8, 4) is 0 Å². The number of unbranched alkanes of at least 4 members (excludes halogenated alkanes) is 1. The molecular formula is C14H18ClFIN3. The number of alkyl halides is 1. The second-order valence-corrected chi connectivity index (χ2v) is 6.51. The summed E-state index contributed by atoms with van der Waals surface area (Å²) in [5.74, 6) is 0.960. The summed E-state index contributed by atoms with van der Waals surface area (Å²) in [5.41, 5.74) is 1.66. The van der Waals surface area contributed by atoms with Crippen LogP contribution in [0.4, 0.5) is 4.39 Å². The maximum atomic E-state index is 13.7. The lowest BCUT2D eigenvalue weighted by molar-refractivity contribution is 0.388. The highest BCUT2D eigenvalue weighted by Gasteiger charge is 2.12. The molecule has 0 fully saturated rings. The van der Waals surface area contributed by atoms with E-state index < -0.39 is 0 Å². The van der Waals surface area contributed by atoms with E-state index in [4.69, 9.17) is 11.6 Å². The lowest BCUT2D eigenvalue weighted by Gasteiger charge is -2.11. The zero-order valence-corrected chi connectivity index (χ0v) is 14.6. The van der Waals surface area contributed by atoms with Gasteiger partial charge in [0.1, 0.15) is 11.6 Å². The zero-order valence-electron chi connectivity index (χ0n) is 11.7. The normalized spacial score (nSPS) is 11.7. The highest BCUT2D eigenvalue weighted by Crippen LogP contribution is 2.23. The van der Waals surface area contributed by atoms with E-state index >= 15 is 0 Å². The molecule has 0 aliphatic carbocycles. The van der Waals surface area contributed by atoms with Crippen molar-refractivity contribution >= 4 is 45.2 Å². The molecule has 0 N–H and O–H groups in total. The lowest BCUT2D eigenvalue weighted by atomic mass is 10.2. The van der Waals surface area contributed by atoms with E-state index in [2.05, 4.69) is 24.0 Å². The maximum absolute atomic E-state index is 13.7. The van der Waals surface area contributed by atoms with Gasteiger partial charge in [0.15, 0.2) is 0 Å². The molecule has 0 aliphatic rings. The van der Waals surface area contributed by atoms with Gasteiger partial charge in [-0.05, 0) is 62.1 Å². The first-order valence-electron chi connectivity index (χ1n) is 6.57. The molecule has 0 atom stereocenters. The molecule has 0 radical (unpaired) electrons. The fourth-order valence-corrected chi connectivity index (χ4v) is 2.87. The van der Waals surface area contributed by atoms with Gasteiger partial charge in [-0.25, -0.2) is 9.37 Å². The molecule has 2 aromatic rings. The third-order valence-electron chi connectivity index (χ3n) is 3.23. The van der Waals surface area contributed by atoms with Crippen LogP contribution in [-0.4, -0.2) is 35.1 Å². The summed E-state index contributed by atoms with van der Waals surface area (Å²) in [6, 6.07) is 3.34. The largest absolute Gasteiger partial charge is 0.327 e. The van der Waals surface area contributed by atoms with Gasteiger partial charge in [0.05, 0.1) is 20.5 Å². The van der Waals surface area contributed by atoms with Crippen molar-refractivity contribution in [1.29, 1.82) is 0 Å². The van der Waals surface area contributed by atoms with Crippen molar-refractivity contribution in [2.45, 2.75) is 25.3 Å². The summed E-state index contributed by atoms with van der Waals surface area (Å²) in [5, 5.41) is 0. The number of hydrogen-bond acceptors (Lipinski definition) is 2. The van der Waals surface area contributed by atoms with E-state index in [1.165, 1.54) is 0 Å². The first-order valence-corrected chi connectivity index (χ1v) is 8.19. The molecule has 0 unspecified atom stereocenters. The van der Waals surface area contributed by atoms with Crippen LogP contribution in [0.2, 0.25) is 0 Å². The quantitative estimate of drug-likeness (QED) is 0.410. The van der Waals surface area contributed by atoms with Crippen LogP contribution in [0.5, 0.6) is 0 Å². The summed E-state index contributed by atoms with van der Waals surface area (Å²) in [4.78, 5) is 6.66. The number of fused-ring (bicyclic) bond motifs is 1. The first-order chi connectivity index (χ1) is 9.52. The van der Waals surface area contributed by atoms with Crippen LogP contribution in [0.15, 0.2) is 12.1 Å². The van der Waals surface area contributed by atoms with E-state index in [1.807, 2.05) is 27.2 Å². The topological polar surface area (TPSA) is 21.1 Å². The van der Waals surface area contributed by atoms with Gasteiger partial charge in [-0.2, -0.15) is 0 Å². The number of aromatic nitrogens is 2. The van der Waals surface area contributed by atoms with E-state index in [0.717, 1.165) is 42.8 Å².